The molecule has 1 saturated carbocycles. The Hall–Kier alpha value is -1.13. The van der Waals surface area contributed by atoms with Crippen molar-refractivity contribution < 1.29 is 14.0 Å². The Bertz CT molecular complexity index is 355. The summed E-state index contributed by atoms with van der Waals surface area (Å²) in [7, 11) is 2.87. The maximum absolute atomic E-state index is 14.3. The zero-order valence-electron chi connectivity index (χ0n) is 9.37. The molecule has 0 N–H and O–H groups in total. The quantitative estimate of drug-likeness (QED) is 0.604. The normalized spacial score (nSPS) is 38.9. The van der Waals surface area contributed by atoms with E-state index in [1.807, 2.05) is 13.8 Å². The molecule has 1 heterocycles. The molecule has 5 heteroatoms. The highest BCUT2D eigenvalue weighted by Gasteiger charge is 2.70. The van der Waals surface area contributed by atoms with Crippen LogP contribution in [0.2, 0.25) is 0 Å². The Labute approximate surface area is 88.0 Å². The van der Waals surface area contributed by atoms with Gasteiger partial charge in [0.15, 0.2) is 0 Å². The standard InChI is InChI=1S/C10H15FN2O2/c1-9(2)5-10(11)6(9)12(3)8(15)13(4)7(10)14/h6H,5H2,1-4H3. The first-order valence-corrected chi connectivity index (χ1v) is 4.96. The Kier molecular flexibility index (Phi) is 1.74. The maximum Gasteiger partial charge on any atom is 0.326 e. The topological polar surface area (TPSA) is 40.6 Å². The van der Waals surface area contributed by atoms with Crippen molar-refractivity contribution >= 4 is 11.9 Å². The number of rotatable bonds is 0. The largest absolute Gasteiger partial charge is 0.326 e. The fourth-order valence-corrected chi connectivity index (χ4v) is 3.08. The van der Waals surface area contributed by atoms with Crippen molar-refractivity contribution in [3.63, 3.8) is 0 Å². The van der Waals surface area contributed by atoms with Crippen LogP contribution >= 0.6 is 0 Å². The van der Waals surface area contributed by atoms with Gasteiger partial charge in [-0.25, -0.2) is 9.18 Å². The van der Waals surface area contributed by atoms with E-state index in [2.05, 4.69) is 0 Å². The molecule has 4 nitrogen and oxygen atoms in total. The molecule has 1 aliphatic carbocycles. The lowest BCUT2D eigenvalue weighted by Crippen LogP contribution is -2.78. The zero-order chi connectivity index (χ0) is 11.6. The smallest absolute Gasteiger partial charge is 0.320 e. The van der Waals surface area contributed by atoms with E-state index in [1.165, 1.54) is 11.9 Å². The second kappa shape index (κ2) is 2.51. The average Bonchev–Trinajstić information content (AvgIpc) is 2.10. The van der Waals surface area contributed by atoms with Gasteiger partial charge in [-0.2, -0.15) is 0 Å². The van der Waals surface area contributed by atoms with E-state index in [4.69, 9.17) is 0 Å². The summed E-state index contributed by atoms with van der Waals surface area (Å²) in [6.07, 6.45) is 0.186. The summed E-state index contributed by atoms with van der Waals surface area (Å²) in [6.45, 7) is 3.75. The second-order valence-corrected chi connectivity index (χ2v) is 5.19. The van der Waals surface area contributed by atoms with Gasteiger partial charge in [0, 0.05) is 14.1 Å². The second-order valence-electron chi connectivity index (χ2n) is 5.19. The fourth-order valence-electron chi connectivity index (χ4n) is 3.08. The molecule has 1 saturated heterocycles. The number of urea groups is 1. The third kappa shape index (κ3) is 1.01. The number of amides is 3. The average molecular weight is 214 g/mol. The highest BCUT2D eigenvalue weighted by atomic mass is 19.1. The molecule has 84 valence electrons. The summed E-state index contributed by atoms with van der Waals surface area (Å²) in [5.74, 6) is -0.699. The van der Waals surface area contributed by atoms with Crippen LogP contribution in [0, 0.1) is 5.41 Å². The molecule has 0 aromatic rings. The van der Waals surface area contributed by atoms with Crippen LogP contribution < -0.4 is 0 Å². The zero-order valence-corrected chi connectivity index (χ0v) is 9.37. The number of nitrogens with zero attached hydrogens (tertiary/aromatic N) is 2. The number of fused-ring (bicyclic) bond motifs is 1. The number of halogens is 1. The van der Waals surface area contributed by atoms with Crippen molar-refractivity contribution in [1.82, 2.24) is 9.80 Å². The number of alkyl halides is 1. The van der Waals surface area contributed by atoms with Crippen LogP contribution in [0.15, 0.2) is 0 Å². The van der Waals surface area contributed by atoms with Gasteiger partial charge in [0.25, 0.3) is 5.91 Å². The van der Waals surface area contributed by atoms with Crippen LogP contribution in [0.4, 0.5) is 9.18 Å². The fraction of sp³-hybridized carbons (Fsp3) is 0.800. The molecule has 2 rings (SSSR count). The molecule has 0 aromatic heterocycles. The van der Waals surface area contributed by atoms with E-state index in [0.717, 1.165) is 4.90 Å². The minimum atomic E-state index is -1.87. The van der Waals surface area contributed by atoms with Gasteiger partial charge >= 0.3 is 6.03 Å². The van der Waals surface area contributed by atoms with Crippen molar-refractivity contribution in [2.24, 2.45) is 5.41 Å². The summed E-state index contributed by atoms with van der Waals surface area (Å²) in [5, 5.41) is 0. The molecule has 2 aliphatic rings. The van der Waals surface area contributed by atoms with Gasteiger partial charge in [0.05, 0.1) is 6.04 Å². The van der Waals surface area contributed by atoms with Crippen LogP contribution in [0.1, 0.15) is 20.3 Å². The lowest BCUT2D eigenvalue weighted by Gasteiger charge is -2.60. The molecule has 3 amide bonds. The number of hydrogen-bond acceptors (Lipinski definition) is 2. The lowest BCUT2D eigenvalue weighted by molar-refractivity contribution is -0.184. The molecule has 0 radical (unpaired) electrons. The number of imide groups is 1. The summed E-state index contributed by atoms with van der Waals surface area (Å²) in [6, 6.07) is -1.05. The van der Waals surface area contributed by atoms with Crippen molar-refractivity contribution in [1.29, 1.82) is 0 Å². The van der Waals surface area contributed by atoms with Crippen molar-refractivity contribution in [3.8, 4) is 0 Å². The van der Waals surface area contributed by atoms with Gasteiger partial charge in [-0.3, -0.25) is 9.69 Å². The van der Waals surface area contributed by atoms with E-state index in [-0.39, 0.29) is 11.8 Å². The molecule has 0 bridgehead atoms. The number of hydrogen-bond donors (Lipinski definition) is 0. The van der Waals surface area contributed by atoms with Crippen molar-refractivity contribution in [2.45, 2.75) is 32.0 Å². The van der Waals surface area contributed by atoms with E-state index in [0.29, 0.717) is 0 Å². The summed E-state index contributed by atoms with van der Waals surface area (Å²) >= 11 is 0. The highest BCUT2D eigenvalue weighted by Crippen LogP contribution is 2.55. The first kappa shape index (κ1) is 10.4. The molecule has 1 aliphatic heterocycles. The summed E-state index contributed by atoms with van der Waals surface area (Å²) in [5.41, 5.74) is -2.20. The first-order valence-electron chi connectivity index (χ1n) is 4.96. The Balaban J connectivity index is 2.42. The van der Waals surface area contributed by atoms with E-state index >= 15 is 0 Å². The van der Waals surface area contributed by atoms with Crippen LogP contribution in [-0.4, -0.2) is 47.5 Å². The van der Waals surface area contributed by atoms with Crippen LogP contribution in [0.5, 0.6) is 0 Å². The Morgan fingerprint density at radius 1 is 1.33 bits per heavy atom. The van der Waals surface area contributed by atoms with Crippen LogP contribution in [0.25, 0.3) is 0 Å². The van der Waals surface area contributed by atoms with Crippen LogP contribution in [0.3, 0.4) is 0 Å². The molecular weight excluding hydrogens is 199 g/mol. The molecule has 2 fully saturated rings. The third-order valence-corrected chi connectivity index (χ3v) is 3.52. The summed E-state index contributed by atoms with van der Waals surface area (Å²) in [4.78, 5) is 25.5. The van der Waals surface area contributed by atoms with Crippen LogP contribution in [-0.2, 0) is 4.79 Å². The third-order valence-electron chi connectivity index (χ3n) is 3.52. The summed E-state index contributed by atoms with van der Waals surface area (Å²) < 4.78 is 14.3. The Morgan fingerprint density at radius 2 is 1.87 bits per heavy atom. The molecule has 0 aromatic carbocycles. The maximum atomic E-state index is 14.3. The highest BCUT2D eigenvalue weighted by molar-refractivity contribution is 6.03. The van der Waals surface area contributed by atoms with E-state index < -0.39 is 23.6 Å². The van der Waals surface area contributed by atoms with Gasteiger partial charge in [0.1, 0.15) is 0 Å². The van der Waals surface area contributed by atoms with Gasteiger partial charge in [-0.1, -0.05) is 13.8 Å². The molecule has 2 atom stereocenters. The van der Waals surface area contributed by atoms with Crippen molar-refractivity contribution in [3.05, 3.63) is 0 Å². The van der Waals surface area contributed by atoms with E-state index in [1.54, 1.807) is 7.05 Å². The minimum Gasteiger partial charge on any atom is -0.320 e. The van der Waals surface area contributed by atoms with Crippen molar-refractivity contribution in [2.75, 3.05) is 14.1 Å². The molecule has 15 heavy (non-hydrogen) atoms. The number of carbonyl (C=O) groups is 2. The van der Waals surface area contributed by atoms with Gasteiger partial charge in [0.2, 0.25) is 5.67 Å². The lowest BCUT2D eigenvalue weighted by atomic mass is 9.56. The minimum absolute atomic E-state index is 0.186. The molecule has 0 spiro atoms. The molecule has 2 unspecified atom stereocenters. The SMILES string of the molecule is CN1C(=O)N(C)C2C(C)(C)CC2(F)C1=O. The van der Waals surface area contributed by atoms with Gasteiger partial charge in [-0.05, 0) is 11.8 Å². The van der Waals surface area contributed by atoms with Gasteiger partial charge in [-0.15, -0.1) is 0 Å². The number of carbonyl (C=O) groups excluding carboxylic acids is 2. The predicted molar refractivity (Wildman–Crippen MR) is 52.0 cm³/mol. The first-order chi connectivity index (χ1) is 6.72. The monoisotopic (exact) mass is 214 g/mol. The van der Waals surface area contributed by atoms with Gasteiger partial charge < -0.3 is 4.90 Å². The predicted octanol–water partition coefficient (Wildman–Crippen LogP) is 1.02. The molecular formula is C10H15FN2O2. The van der Waals surface area contributed by atoms with E-state index in [9.17, 15) is 14.0 Å². The Morgan fingerprint density at radius 3 is 2.33 bits per heavy atom.